The van der Waals surface area contributed by atoms with Gasteiger partial charge in [-0.25, -0.2) is 0 Å². The normalized spacial score (nSPS) is 14.4. The standard InChI is InChI=1S/C3HF6O4S2.Na/c4-2(5,6)14(10,11)1-15(12,13)3(7,8)9;/h1H;/q-1;+1. The summed E-state index contributed by atoms with van der Waals surface area (Å²) in [4.78, 5) is 0. The molecular weight excluding hydrogens is 301 g/mol. The quantitative estimate of drug-likeness (QED) is 0.335. The van der Waals surface area contributed by atoms with Crippen molar-refractivity contribution < 1.29 is 72.7 Å². The van der Waals surface area contributed by atoms with Gasteiger partial charge in [0.05, 0.1) is 0 Å². The topological polar surface area (TPSA) is 68.3 Å². The zero-order chi connectivity index (χ0) is 12.7. The van der Waals surface area contributed by atoms with Crippen molar-refractivity contribution in [2.45, 2.75) is 11.0 Å². The molecule has 0 saturated carbocycles. The molecule has 13 heteroatoms. The van der Waals surface area contributed by atoms with Gasteiger partial charge in [-0.2, -0.15) is 26.3 Å². The molecule has 0 amide bonds. The number of hydrogen-bond donors (Lipinski definition) is 0. The van der Waals surface area contributed by atoms with Gasteiger partial charge in [0, 0.05) is 0 Å². The molecule has 0 aliphatic carbocycles. The molecule has 0 aromatic rings. The summed E-state index contributed by atoms with van der Waals surface area (Å²) in [5.74, 6) is 0. The Morgan fingerprint density at radius 2 is 0.875 bits per heavy atom. The second-order valence-corrected chi connectivity index (χ2v) is 5.95. The van der Waals surface area contributed by atoms with Crippen molar-refractivity contribution in [3.8, 4) is 0 Å². The van der Waals surface area contributed by atoms with E-state index < -0.39 is 35.8 Å². The minimum absolute atomic E-state index is 0. The Morgan fingerprint density at radius 3 is 1.00 bits per heavy atom. The van der Waals surface area contributed by atoms with Crippen LogP contribution in [0.25, 0.3) is 0 Å². The molecule has 0 unspecified atom stereocenters. The van der Waals surface area contributed by atoms with Crippen LogP contribution in [0.4, 0.5) is 26.3 Å². The molecule has 0 N–H and O–H groups in total. The zero-order valence-corrected chi connectivity index (χ0v) is 10.9. The van der Waals surface area contributed by atoms with E-state index in [0.29, 0.717) is 0 Å². The summed E-state index contributed by atoms with van der Waals surface area (Å²) in [6.07, 6.45) is 0. The van der Waals surface area contributed by atoms with Gasteiger partial charge in [-0.15, -0.1) is 0 Å². The van der Waals surface area contributed by atoms with Gasteiger partial charge in [-0.05, 0) is 0 Å². The van der Waals surface area contributed by atoms with Crippen LogP contribution in [0.15, 0.2) is 0 Å². The minimum Gasteiger partial charge on any atom is -0.253 e. The molecule has 0 aliphatic rings. The van der Waals surface area contributed by atoms with Gasteiger partial charge < -0.3 is 0 Å². The van der Waals surface area contributed by atoms with Crippen molar-refractivity contribution in [3.63, 3.8) is 0 Å². The predicted molar refractivity (Wildman–Crippen MR) is 34.2 cm³/mol. The van der Waals surface area contributed by atoms with Gasteiger partial charge in [-0.1, -0.05) is 5.08 Å². The van der Waals surface area contributed by atoms with Gasteiger partial charge in [0.15, 0.2) is 0 Å². The van der Waals surface area contributed by atoms with Crippen LogP contribution in [0.1, 0.15) is 0 Å². The number of alkyl halides is 6. The Hall–Kier alpha value is 0.480. The van der Waals surface area contributed by atoms with Crippen LogP contribution >= 0.6 is 0 Å². The third kappa shape index (κ3) is 4.39. The number of rotatable bonds is 2. The molecule has 0 spiro atoms. The summed E-state index contributed by atoms with van der Waals surface area (Å²) in [5.41, 5.74) is -12.2. The molecule has 0 aliphatic heterocycles. The van der Waals surface area contributed by atoms with Crippen LogP contribution in [0, 0.1) is 5.08 Å². The summed E-state index contributed by atoms with van der Waals surface area (Å²) in [7, 11) is -12.9. The molecule has 0 bridgehead atoms. The van der Waals surface area contributed by atoms with Gasteiger partial charge >= 0.3 is 40.6 Å². The molecule has 92 valence electrons. The van der Waals surface area contributed by atoms with E-state index >= 15 is 0 Å². The Bertz CT molecular complexity index is 387. The zero-order valence-electron chi connectivity index (χ0n) is 7.29. The molecule has 16 heavy (non-hydrogen) atoms. The average molecular weight is 302 g/mol. The van der Waals surface area contributed by atoms with Crippen molar-refractivity contribution in [3.05, 3.63) is 5.08 Å². The number of sulfone groups is 2. The van der Waals surface area contributed by atoms with Crippen LogP contribution in [0.5, 0.6) is 0 Å². The average Bonchev–Trinajstić information content (AvgIpc) is 1.77. The first-order chi connectivity index (χ1) is 6.21. The first kappa shape index (κ1) is 18.8. The summed E-state index contributed by atoms with van der Waals surface area (Å²) in [6, 6.07) is 0. The molecule has 4 nitrogen and oxygen atoms in total. The van der Waals surface area contributed by atoms with Gasteiger partial charge in [0.2, 0.25) is 0 Å². The summed E-state index contributed by atoms with van der Waals surface area (Å²) >= 11 is 0. The number of halogens is 6. The van der Waals surface area contributed by atoms with E-state index in [2.05, 4.69) is 0 Å². The molecule has 0 atom stereocenters. The first-order valence-electron chi connectivity index (χ1n) is 2.68. The fraction of sp³-hybridized carbons (Fsp3) is 0.667. The molecule has 0 heterocycles. The first-order valence-corrected chi connectivity index (χ1v) is 5.77. The fourth-order valence-electron chi connectivity index (χ4n) is 0.276. The third-order valence-electron chi connectivity index (χ3n) is 0.899. The smallest absolute Gasteiger partial charge is 0.253 e. The van der Waals surface area contributed by atoms with Crippen molar-refractivity contribution in [2.24, 2.45) is 0 Å². The summed E-state index contributed by atoms with van der Waals surface area (Å²) in [6.45, 7) is 0. The van der Waals surface area contributed by atoms with Crippen molar-refractivity contribution in [2.75, 3.05) is 0 Å². The molecule has 0 fully saturated rings. The Labute approximate surface area is 108 Å². The van der Waals surface area contributed by atoms with E-state index in [1.54, 1.807) is 0 Å². The Kier molecular flexibility index (Phi) is 5.89. The SMILES string of the molecule is O=S(=O)([CH-]S(=O)(=O)C(F)(F)F)C(F)(F)F.[Na+]. The molecule has 0 aromatic heterocycles. The molecular formula is C3HF6NaO4S2. The van der Waals surface area contributed by atoms with Crippen LogP contribution in [-0.4, -0.2) is 27.9 Å². The Morgan fingerprint density at radius 1 is 0.688 bits per heavy atom. The third-order valence-corrected chi connectivity index (χ3v) is 4.22. The van der Waals surface area contributed by atoms with E-state index in [4.69, 9.17) is 0 Å². The largest absolute Gasteiger partial charge is 1.00 e. The maximum atomic E-state index is 11.5. The van der Waals surface area contributed by atoms with Crippen molar-refractivity contribution >= 4 is 19.7 Å². The van der Waals surface area contributed by atoms with Crippen molar-refractivity contribution in [1.82, 2.24) is 0 Å². The molecule has 0 rings (SSSR count). The van der Waals surface area contributed by atoms with Gasteiger partial charge in [0.25, 0.3) is 0 Å². The summed E-state index contributed by atoms with van der Waals surface area (Å²) < 4.78 is 109. The predicted octanol–water partition coefficient (Wildman–Crippen LogP) is -2.02. The monoisotopic (exact) mass is 302 g/mol. The van der Waals surface area contributed by atoms with Crippen LogP contribution in [0.3, 0.4) is 0 Å². The maximum Gasteiger partial charge on any atom is 1.00 e. The van der Waals surface area contributed by atoms with Crippen LogP contribution < -0.4 is 29.6 Å². The molecule has 0 radical (unpaired) electrons. The minimum atomic E-state index is -6.47. The van der Waals surface area contributed by atoms with E-state index in [-0.39, 0.29) is 29.6 Å². The Balaban J connectivity index is 0. The second kappa shape index (κ2) is 5.00. The fourth-order valence-corrected chi connectivity index (χ4v) is 2.48. The van der Waals surface area contributed by atoms with Gasteiger partial charge in [0.1, 0.15) is 19.7 Å². The maximum absolute atomic E-state index is 11.5. The van der Waals surface area contributed by atoms with E-state index in [9.17, 15) is 43.2 Å². The van der Waals surface area contributed by atoms with Crippen molar-refractivity contribution in [1.29, 1.82) is 0 Å². The van der Waals surface area contributed by atoms with Gasteiger partial charge in [-0.3, -0.25) is 16.8 Å². The van der Waals surface area contributed by atoms with Crippen LogP contribution in [-0.2, 0) is 19.7 Å². The summed E-state index contributed by atoms with van der Waals surface area (Å²) in [5, 5.41) is -1.76. The second-order valence-electron chi connectivity index (χ2n) is 2.08. The van der Waals surface area contributed by atoms with E-state index in [1.165, 1.54) is 0 Å². The van der Waals surface area contributed by atoms with E-state index in [0.717, 1.165) is 0 Å². The molecule has 0 aromatic carbocycles. The van der Waals surface area contributed by atoms with E-state index in [1.807, 2.05) is 0 Å². The molecule has 0 saturated heterocycles. The van der Waals surface area contributed by atoms with Crippen LogP contribution in [0.2, 0.25) is 0 Å². The number of hydrogen-bond acceptors (Lipinski definition) is 4.